The van der Waals surface area contributed by atoms with Crippen molar-refractivity contribution in [1.82, 2.24) is 20.2 Å². The highest BCUT2D eigenvalue weighted by Crippen LogP contribution is 2.26. The summed E-state index contributed by atoms with van der Waals surface area (Å²) in [5.74, 6) is 0.785. The van der Waals surface area contributed by atoms with Gasteiger partial charge in [-0.1, -0.05) is 20.8 Å². The lowest BCUT2D eigenvalue weighted by atomic mass is 9.92. The molecule has 7 heteroatoms. The third-order valence-electron chi connectivity index (χ3n) is 4.14. The highest BCUT2D eigenvalue weighted by Gasteiger charge is 2.33. The van der Waals surface area contributed by atoms with Crippen molar-refractivity contribution in [3.05, 3.63) is 36.2 Å². The molecule has 0 bridgehead atoms. The van der Waals surface area contributed by atoms with Crippen LogP contribution in [0.15, 0.2) is 24.7 Å². The Morgan fingerprint density at radius 1 is 1.22 bits per heavy atom. The minimum atomic E-state index is -0.400. The van der Waals surface area contributed by atoms with Crippen LogP contribution >= 0.6 is 0 Å². The van der Waals surface area contributed by atoms with Crippen LogP contribution in [0.3, 0.4) is 0 Å². The second-order valence-electron chi connectivity index (χ2n) is 6.89. The lowest BCUT2D eigenvalue weighted by molar-refractivity contribution is 0.476. The van der Waals surface area contributed by atoms with E-state index in [2.05, 4.69) is 45.8 Å². The van der Waals surface area contributed by atoms with Gasteiger partial charge in [-0.25, -0.2) is 14.4 Å². The third-order valence-corrected chi connectivity index (χ3v) is 4.14. The Morgan fingerprint density at radius 3 is 2.52 bits per heavy atom. The number of hydrogen-bond donors (Lipinski definition) is 0. The van der Waals surface area contributed by atoms with Gasteiger partial charge in [-0.15, -0.1) is 5.10 Å². The van der Waals surface area contributed by atoms with Crippen LogP contribution < -0.4 is 9.80 Å². The highest BCUT2D eigenvalue weighted by atomic mass is 19.1. The highest BCUT2D eigenvalue weighted by molar-refractivity contribution is 5.47. The smallest absolute Gasteiger partial charge is 0.183 e. The zero-order chi connectivity index (χ0) is 16.6. The number of nitrogens with zero attached hydrogens (tertiary/aromatic N) is 6. The van der Waals surface area contributed by atoms with Crippen molar-refractivity contribution in [2.75, 3.05) is 29.9 Å². The molecule has 1 saturated heterocycles. The van der Waals surface area contributed by atoms with Crippen molar-refractivity contribution in [3.8, 4) is 0 Å². The number of halogens is 1. The van der Waals surface area contributed by atoms with Gasteiger partial charge in [-0.05, 0) is 12.1 Å². The molecule has 2 aromatic rings. The fraction of sp³-hybridized carbons (Fsp3) is 0.500. The van der Waals surface area contributed by atoms with Crippen molar-refractivity contribution in [2.45, 2.75) is 32.2 Å². The van der Waals surface area contributed by atoms with E-state index in [0.717, 1.165) is 24.6 Å². The quantitative estimate of drug-likeness (QED) is 0.863. The van der Waals surface area contributed by atoms with Crippen LogP contribution in [-0.4, -0.2) is 46.3 Å². The summed E-state index contributed by atoms with van der Waals surface area (Å²) in [5.41, 5.74) is 0.965. The molecule has 6 nitrogen and oxygen atoms in total. The molecule has 0 spiro atoms. The maximum absolute atomic E-state index is 13.7. The van der Waals surface area contributed by atoms with Gasteiger partial charge in [0.2, 0.25) is 0 Å². The van der Waals surface area contributed by atoms with Gasteiger partial charge in [0.05, 0.1) is 17.9 Å². The third kappa shape index (κ3) is 3.09. The van der Waals surface area contributed by atoms with E-state index >= 15 is 0 Å². The predicted molar refractivity (Wildman–Crippen MR) is 87.1 cm³/mol. The maximum atomic E-state index is 13.7. The van der Waals surface area contributed by atoms with E-state index in [1.807, 2.05) is 24.1 Å². The summed E-state index contributed by atoms with van der Waals surface area (Å²) >= 11 is 0. The fourth-order valence-corrected chi connectivity index (χ4v) is 2.52. The van der Waals surface area contributed by atoms with E-state index in [1.165, 1.54) is 12.5 Å². The Labute approximate surface area is 135 Å². The largest absolute Gasteiger partial charge is 0.351 e. The molecular weight excluding hydrogens is 295 g/mol. The average Bonchev–Trinajstić information content (AvgIpc) is 2.45. The molecule has 3 rings (SSSR count). The molecule has 1 aliphatic heterocycles. The lowest BCUT2D eigenvalue weighted by Crippen LogP contribution is -2.59. The Bertz CT molecular complexity index is 676. The van der Waals surface area contributed by atoms with Gasteiger partial charge in [0.25, 0.3) is 0 Å². The Hall–Kier alpha value is -2.31. The summed E-state index contributed by atoms with van der Waals surface area (Å²) < 4.78 is 13.7. The molecule has 122 valence electrons. The topological polar surface area (TPSA) is 58.0 Å². The maximum Gasteiger partial charge on any atom is 0.183 e. The van der Waals surface area contributed by atoms with Crippen LogP contribution in [0, 0.1) is 5.82 Å². The van der Waals surface area contributed by atoms with Crippen LogP contribution in [0.2, 0.25) is 0 Å². The van der Waals surface area contributed by atoms with Gasteiger partial charge in [0.1, 0.15) is 6.33 Å². The van der Waals surface area contributed by atoms with Gasteiger partial charge in [0, 0.05) is 25.6 Å². The molecule has 0 radical (unpaired) electrons. The van der Waals surface area contributed by atoms with Gasteiger partial charge in [0.15, 0.2) is 17.5 Å². The standard InChI is InChI=1S/C16H21FN6/c1-16(2,3)13-5-6-14(21-20-13)23-8-11(9-23)22(4)15-12(17)7-18-10-19-15/h5-7,10-11H,8-9H2,1-4H3. The molecule has 1 fully saturated rings. The number of rotatable bonds is 3. The molecular formula is C16H21FN6. The first-order chi connectivity index (χ1) is 10.9. The van der Waals surface area contributed by atoms with Crippen molar-refractivity contribution in [1.29, 1.82) is 0 Å². The fourth-order valence-electron chi connectivity index (χ4n) is 2.52. The minimum absolute atomic E-state index is 0.00618. The number of hydrogen-bond acceptors (Lipinski definition) is 6. The molecule has 0 unspecified atom stereocenters. The Morgan fingerprint density at radius 2 is 1.96 bits per heavy atom. The Balaban J connectivity index is 1.64. The molecule has 1 aliphatic rings. The van der Waals surface area contributed by atoms with Gasteiger partial charge in [-0.3, -0.25) is 0 Å². The first-order valence-corrected chi connectivity index (χ1v) is 7.64. The lowest BCUT2D eigenvalue weighted by Gasteiger charge is -2.44. The minimum Gasteiger partial charge on any atom is -0.351 e. The molecule has 0 N–H and O–H groups in total. The molecule has 0 aromatic carbocycles. The number of anilines is 2. The van der Waals surface area contributed by atoms with Crippen molar-refractivity contribution in [2.24, 2.45) is 0 Å². The summed E-state index contributed by atoms with van der Waals surface area (Å²) in [6.45, 7) is 7.87. The predicted octanol–water partition coefficient (Wildman–Crippen LogP) is 2.03. The van der Waals surface area contributed by atoms with Gasteiger partial charge < -0.3 is 9.80 Å². The first kappa shape index (κ1) is 15.6. The summed E-state index contributed by atoms with van der Waals surface area (Å²) in [6, 6.07) is 4.21. The van der Waals surface area contributed by atoms with Crippen LogP contribution in [-0.2, 0) is 5.41 Å². The summed E-state index contributed by atoms with van der Waals surface area (Å²) in [7, 11) is 1.85. The zero-order valence-electron chi connectivity index (χ0n) is 13.9. The first-order valence-electron chi connectivity index (χ1n) is 7.64. The molecule has 3 heterocycles. The van der Waals surface area contributed by atoms with Crippen LogP contribution in [0.5, 0.6) is 0 Å². The van der Waals surface area contributed by atoms with E-state index in [0.29, 0.717) is 5.82 Å². The van der Waals surface area contributed by atoms with Crippen LogP contribution in [0.1, 0.15) is 26.5 Å². The molecule has 0 aliphatic carbocycles. The second kappa shape index (κ2) is 5.72. The monoisotopic (exact) mass is 316 g/mol. The number of likely N-dealkylation sites (N-methyl/N-ethyl adjacent to an activating group) is 1. The number of aromatic nitrogens is 4. The van der Waals surface area contributed by atoms with Gasteiger partial charge in [-0.2, -0.15) is 5.10 Å². The molecule has 0 amide bonds. The molecule has 0 saturated carbocycles. The normalized spacial score (nSPS) is 15.4. The van der Waals surface area contributed by atoms with E-state index in [-0.39, 0.29) is 11.5 Å². The van der Waals surface area contributed by atoms with Crippen molar-refractivity contribution >= 4 is 11.6 Å². The summed E-state index contributed by atoms with van der Waals surface area (Å²) in [5, 5.41) is 8.62. The molecule has 23 heavy (non-hydrogen) atoms. The van der Waals surface area contributed by atoms with Gasteiger partial charge >= 0.3 is 0 Å². The Kier molecular flexibility index (Phi) is 3.87. The summed E-state index contributed by atoms with van der Waals surface area (Å²) in [4.78, 5) is 11.7. The van der Waals surface area contributed by atoms with Crippen molar-refractivity contribution < 1.29 is 4.39 Å². The van der Waals surface area contributed by atoms with E-state index in [9.17, 15) is 4.39 Å². The van der Waals surface area contributed by atoms with E-state index in [4.69, 9.17) is 0 Å². The second-order valence-corrected chi connectivity index (χ2v) is 6.89. The van der Waals surface area contributed by atoms with E-state index < -0.39 is 5.82 Å². The van der Waals surface area contributed by atoms with Crippen LogP contribution in [0.4, 0.5) is 16.0 Å². The summed E-state index contributed by atoms with van der Waals surface area (Å²) in [6.07, 6.45) is 2.55. The van der Waals surface area contributed by atoms with Crippen molar-refractivity contribution in [3.63, 3.8) is 0 Å². The van der Waals surface area contributed by atoms with Crippen LogP contribution in [0.25, 0.3) is 0 Å². The SMILES string of the molecule is CN(c1ncncc1F)C1CN(c2ccc(C(C)(C)C)nn2)C1. The molecule has 2 aromatic heterocycles. The average molecular weight is 316 g/mol. The van der Waals surface area contributed by atoms with E-state index in [1.54, 1.807) is 0 Å². The molecule has 0 atom stereocenters. The zero-order valence-corrected chi connectivity index (χ0v) is 13.9.